The molecule has 0 bridgehead atoms. The lowest BCUT2D eigenvalue weighted by Crippen LogP contribution is -2.13. The Kier molecular flexibility index (Phi) is 3.58. The predicted molar refractivity (Wildman–Crippen MR) is 87.9 cm³/mol. The fraction of sp³-hybridized carbons (Fsp3) is 0.474. The third kappa shape index (κ3) is 2.82. The van der Waals surface area contributed by atoms with E-state index in [4.69, 9.17) is 4.74 Å². The average Bonchev–Trinajstić information content (AvgIpc) is 2.34. The van der Waals surface area contributed by atoms with Gasteiger partial charge in [-0.2, -0.15) is 0 Å². The van der Waals surface area contributed by atoms with Crippen LogP contribution >= 0.6 is 0 Å². The van der Waals surface area contributed by atoms with Crippen LogP contribution in [0.2, 0.25) is 0 Å². The summed E-state index contributed by atoms with van der Waals surface area (Å²) in [5.41, 5.74) is 2.89. The largest absolute Gasteiger partial charge is 0.496 e. The standard InChI is InChI=1S/C19H26O/c1-18(2,3)15-9-8-13-12-17(20-7)16(19(4,5)6)11-14(13)10-15/h8-12H,1-7H3. The molecule has 0 unspecified atom stereocenters. The molecule has 0 aliphatic heterocycles. The fourth-order valence-corrected chi connectivity index (χ4v) is 2.50. The van der Waals surface area contributed by atoms with E-state index in [1.165, 1.54) is 21.9 Å². The average molecular weight is 270 g/mol. The van der Waals surface area contributed by atoms with Gasteiger partial charge in [0.05, 0.1) is 7.11 Å². The molecule has 0 aliphatic rings. The van der Waals surface area contributed by atoms with Crippen molar-refractivity contribution in [2.75, 3.05) is 7.11 Å². The minimum absolute atomic E-state index is 0.0806. The maximum Gasteiger partial charge on any atom is 0.123 e. The maximum atomic E-state index is 5.58. The van der Waals surface area contributed by atoms with Crippen LogP contribution in [0.1, 0.15) is 52.7 Å². The normalized spacial score (nSPS) is 12.8. The zero-order valence-electron chi connectivity index (χ0n) is 13.8. The van der Waals surface area contributed by atoms with Gasteiger partial charge in [-0.3, -0.25) is 0 Å². The molecule has 0 radical (unpaired) electrons. The fourth-order valence-electron chi connectivity index (χ4n) is 2.50. The van der Waals surface area contributed by atoms with Crippen molar-refractivity contribution in [2.24, 2.45) is 0 Å². The lowest BCUT2D eigenvalue weighted by Gasteiger charge is -2.24. The molecule has 1 nitrogen and oxygen atoms in total. The summed E-state index contributed by atoms with van der Waals surface area (Å²) < 4.78 is 5.58. The van der Waals surface area contributed by atoms with E-state index in [1.807, 2.05) is 0 Å². The second-order valence-electron chi connectivity index (χ2n) is 7.61. The first-order valence-electron chi connectivity index (χ1n) is 7.26. The van der Waals surface area contributed by atoms with E-state index in [0.717, 1.165) is 5.75 Å². The Balaban J connectivity index is 2.70. The number of fused-ring (bicyclic) bond motifs is 1. The summed E-state index contributed by atoms with van der Waals surface area (Å²) in [5, 5.41) is 2.53. The molecule has 0 saturated carbocycles. The Labute approximate surface area is 123 Å². The minimum Gasteiger partial charge on any atom is -0.496 e. The van der Waals surface area contributed by atoms with Crippen molar-refractivity contribution < 1.29 is 4.74 Å². The first-order chi connectivity index (χ1) is 9.13. The molecule has 0 atom stereocenters. The quantitative estimate of drug-likeness (QED) is 0.670. The van der Waals surface area contributed by atoms with Gasteiger partial charge in [-0.15, -0.1) is 0 Å². The van der Waals surface area contributed by atoms with E-state index in [0.29, 0.717) is 0 Å². The van der Waals surface area contributed by atoms with E-state index < -0.39 is 0 Å². The first kappa shape index (κ1) is 14.9. The highest BCUT2D eigenvalue weighted by Gasteiger charge is 2.20. The summed E-state index contributed by atoms with van der Waals surface area (Å²) in [6, 6.07) is 11.2. The summed E-state index contributed by atoms with van der Waals surface area (Å²) in [7, 11) is 1.75. The highest BCUT2D eigenvalue weighted by Crippen LogP contribution is 2.36. The number of benzene rings is 2. The molecule has 0 saturated heterocycles. The molecule has 0 spiro atoms. The summed E-state index contributed by atoms with van der Waals surface area (Å²) >= 11 is 0. The lowest BCUT2D eigenvalue weighted by molar-refractivity contribution is 0.398. The third-order valence-corrected chi connectivity index (χ3v) is 3.83. The van der Waals surface area contributed by atoms with Crippen molar-refractivity contribution in [3.63, 3.8) is 0 Å². The Bertz CT molecular complexity index is 624. The summed E-state index contributed by atoms with van der Waals surface area (Å²) in [6.45, 7) is 13.4. The van der Waals surface area contributed by atoms with Crippen molar-refractivity contribution in [3.8, 4) is 5.75 Å². The number of hydrogen-bond donors (Lipinski definition) is 0. The van der Waals surface area contributed by atoms with Gasteiger partial charge >= 0.3 is 0 Å². The Morgan fingerprint density at radius 3 is 1.90 bits per heavy atom. The molecule has 0 amide bonds. The Morgan fingerprint density at radius 2 is 1.40 bits per heavy atom. The van der Waals surface area contributed by atoms with Crippen molar-refractivity contribution in [3.05, 3.63) is 41.5 Å². The molecule has 20 heavy (non-hydrogen) atoms. The molecule has 0 fully saturated rings. The van der Waals surface area contributed by atoms with E-state index in [2.05, 4.69) is 71.9 Å². The van der Waals surface area contributed by atoms with E-state index in [9.17, 15) is 0 Å². The molecule has 0 N–H and O–H groups in total. The van der Waals surface area contributed by atoms with Crippen LogP contribution in [0.15, 0.2) is 30.3 Å². The molecule has 0 heterocycles. The SMILES string of the molecule is COc1cc2ccc(C(C)(C)C)cc2cc1C(C)(C)C. The van der Waals surface area contributed by atoms with Crippen molar-refractivity contribution in [2.45, 2.75) is 52.4 Å². The van der Waals surface area contributed by atoms with E-state index in [1.54, 1.807) is 7.11 Å². The predicted octanol–water partition coefficient (Wildman–Crippen LogP) is 5.44. The Hall–Kier alpha value is -1.50. The van der Waals surface area contributed by atoms with Gasteiger partial charge in [0.2, 0.25) is 0 Å². The highest BCUT2D eigenvalue weighted by atomic mass is 16.5. The summed E-state index contributed by atoms with van der Waals surface area (Å²) in [6.07, 6.45) is 0. The lowest BCUT2D eigenvalue weighted by atomic mass is 9.82. The zero-order chi connectivity index (χ0) is 15.1. The van der Waals surface area contributed by atoms with Crippen LogP contribution in [0, 0.1) is 0 Å². The van der Waals surface area contributed by atoms with Crippen LogP contribution in [0.4, 0.5) is 0 Å². The number of ether oxygens (including phenoxy) is 1. The molecular formula is C19H26O. The third-order valence-electron chi connectivity index (χ3n) is 3.83. The second kappa shape index (κ2) is 4.80. The van der Waals surface area contributed by atoms with Crippen molar-refractivity contribution >= 4 is 10.8 Å². The maximum absolute atomic E-state index is 5.58. The van der Waals surface area contributed by atoms with Gasteiger partial charge in [0.1, 0.15) is 5.75 Å². The summed E-state index contributed by atoms with van der Waals surface area (Å²) in [5.74, 6) is 0.980. The molecule has 2 rings (SSSR count). The van der Waals surface area contributed by atoms with E-state index >= 15 is 0 Å². The van der Waals surface area contributed by atoms with Crippen LogP contribution in [-0.2, 0) is 10.8 Å². The van der Waals surface area contributed by atoms with Gasteiger partial charge in [0, 0.05) is 5.56 Å². The van der Waals surface area contributed by atoms with Gasteiger partial charge in [0.25, 0.3) is 0 Å². The molecule has 0 aliphatic carbocycles. The van der Waals surface area contributed by atoms with Gasteiger partial charge < -0.3 is 4.74 Å². The molecular weight excluding hydrogens is 244 g/mol. The molecule has 2 aromatic rings. The number of rotatable bonds is 1. The highest BCUT2D eigenvalue weighted by molar-refractivity contribution is 5.86. The molecule has 1 heteroatoms. The van der Waals surface area contributed by atoms with Crippen molar-refractivity contribution in [1.29, 1.82) is 0 Å². The van der Waals surface area contributed by atoms with E-state index in [-0.39, 0.29) is 10.8 Å². The molecule has 2 aromatic carbocycles. The minimum atomic E-state index is 0.0806. The number of hydrogen-bond acceptors (Lipinski definition) is 1. The zero-order valence-corrected chi connectivity index (χ0v) is 13.8. The smallest absolute Gasteiger partial charge is 0.123 e. The molecule has 108 valence electrons. The monoisotopic (exact) mass is 270 g/mol. The first-order valence-corrected chi connectivity index (χ1v) is 7.26. The van der Waals surface area contributed by atoms with Crippen LogP contribution in [0.3, 0.4) is 0 Å². The van der Waals surface area contributed by atoms with Crippen LogP contribution in [0.25, 0.3) is 10.8 Å². The summed E-state index contributed by atoms with van der Waals surface area (Å²) in [4.78, 5) is 0. The van der Waals surface area contributed by atoms with Crippen molar-refractivity contribution in [1.82, 2.24) is 0 Å². The molecule has 0 aromatic heterocycles. The van der Waals surface area contributed by atoms with Gasteiger partial charge in [-0.05, 0) is 39.3 Å². The Morgan fingerprint density at radius 1 is 0.750 bits per heavy atom. The second-order valence-corrected chi connectivity index (χ2v) is 7.61. The van der Waals surface area contributed by atoms with Crippen LogP contribution in [0.5, 0.6) is 5.75 Å². The van der Waals surface area contributed by atoms with Gasteiger partial charge in [0.15, 0.2) is 0 Å². The van der Waals surface area contributed by atoms with Crippen LogP contribution in [-0.4, -0.2) is 7.11 Å². The van der Waals surface area contributed by atoms with Gasteiger partial charge in [-0.25, -0.2) is 0 Å². The number of methoxy groups -OCH3 is 1. The van der Waals surface area contributed by atoms with Gasteiger partial charge in [-0.1, -0.05) is 59.7 Å². The topological polar surface area (TPSA) is 9.23 Å². The van der Waals surface area contributed by atoms with Crippen LogP contribution < -0.4 is 4.74 Å².